The highest BCUT2D eigenvalue weighted by Crippen LogP contribution is 2.14. The molecule has 1 heterocycles. The number of carbonyl (C=O) groups excluding carboxylic acids is 3. The Morgan fingerprint density at radius 2 is 1.56 bits per heavy atom. The maximum Gasteiger partial charge on any atom is 0.408 e. The van der Waals surface area contributed by atoms with Crippen molar-refractivity contribution >= 4 is 17.9 Å². The number of carbonyl (C=O) groups is 3. The third-order valence-corrected chi connectivity index (χ3v) is 4.28. The molecule has 3 amide bonds. The lowest BCUT2D eigenvalue weighted by atomic mass is 10.0. The van der Waals surface area contributed by atoms with Gasteiger partial charge in [-0.1, -0.05) is 13.8 Å². The van der Waals surface area contributed by atoms with Gasteiger partial charge in [0.25, 0.3) is 0 Å². The third kappa shape index (κ3) is 7.32. The van der Waals surface area contributed by atoms with Crippen LogP contribution in [0.5, 0.6) is 0 Å². The monoisotopic (exact) mass is 355 g/mol. The van der Waals surface area contributed by atoms with Crippen LogP contribution >= 0.6 is 0 Å². The van der Waals surface area contributed by atoms with Gasteiger partial charge < -0.3 is 19.9 Å². The van der Waals surface area contributed by atoms with Crippen molar-refractivity contribution < 1.29 is 19.1 Å². The standard InChI is InChI=1S/C18H33N3O4/c1-6-14(7-2)16(23)21-10-8-9-20(11-12-21)15(22)13-19-17(24)25-18(3,4)5/h14H,6-13H2,1-5H3,(H,19,24). The highest BCUT2D eigenvalue weighted by atomic mass is 16.6. The Balaban J connectivity index is 2.47. The lowest BCUT2D eigenvalue weighted by Crippen LogP contribution is -2.44. The Hall–Kier alpha value is -1.79. The molecule has 7 heteroatoms. The minimum atomic E-state index is -0.596. The Kier molecular flexibility index (Phi) is 8.19. The van der Waals surface area contributed by atoms with Crippen molar-refractivity contribution in [2.45, 2.75) is 59.5 Å². The summed E-state index contributed by atoms with van der Waals surface area (Å²) in [6, 6.07) is 0. The van der Waals surface area contributed by atoms with Crippen LogP contribution in [-0.4, -0.2) is 66.0 Å². The van der Waals surface area contributed by atoms with Gasteiger partial charge in [0.2, 0.25) is 11.8 Å². The largest absolute Gasteiger partial charge is 0.444 e. The number of amides is 3. The highest BCUT2D eigenvalue weighted by molar-refractivity contribution is 5.82. The van der Waals surface area contributed by atoms with E-state index in [1.54, 1.807) is 25.7 Å². The second kappa shape index (κ2) is 9.63. The quantitative estimate of drug-likeness (QED) is 0.818. The van der Waals surface area contributed by atoms with E-state index in [-0.39, 0.29) is 24.3 Å². The first kappa shape index (κ1) is 21.3. The van der Waals surface area contributed by atoms with E-state index in [0.717, 1.165) is 19.3 Å². The van der Waals surface area contributed by atoms with Gasteiger partial charge in [-0.15, -0.1) is 0 Å². The van der Waals surface area contributed by atoms with Crippen LogP contribution in [0.15, 0.2) is 0 Å². The van der Waals surface area contributed by atoms with Crippen LogP contribution < -0.4 is 5.32 Å². The van der Waals surface area contributed by atoms with Gasteiger partial charge in [0, 0.05) is 32.1 Å². The van der Waals surface area contributed by atoms with E-state index in [4.69, 9.17) is 4.74 Å². The van der Waals surface area contributed by atoms with Crippen molar-refractivity contribution in [3.8, 4) is 0 Å². The smallest absolute Gasteiger partial charge is 0.408 e. The van der Waals surface area contributed by atoms with Crippen LogP contribution in [0.1, 0.15) is 53.9 Å². The fourth-order valence-electron chi connectivity index (χ4n) is 2.86. The summed E-state index contributed by atoms with van der Waals surface area (Å²) in [6.45, 7) is 11.6. The summed E-state index contributed by atoms with van der Waals surface area (Å²) in [7, 11) is 0. The Morgan fingerprint density at radius 3 is 2.12 bits per heavy atom. The average Bonchev–Trinajstić information content (AvgIpc) is 2.78. The molecule has 0 aromatic rings. The van der Waals surface area contributed by atoms with Crippen LogP contribution in [-0.2, 0) is 14.3 Å². The molecule has 7 nitrogen and oxygen atoms in total. The summed E-state index contributed by atoms with van der Waals surface area (Å²) < 4.78 is 5.13. The maximum absolute atomic E-state index is 12.5. The van der Waals surface area contributed by atoms with Crippen molar-refractivity contribution in [1.82, 2.24) is 15.1 Å². The topological polar surface area (TPSA) is 79.0 Å². The van der Waals surface area contributed by atoms with Gasteiger partial charge in [-0.2, -0.15) is 0 Å². The molecule has 0 aromatic heterocycles. The van der Waals surface area contributed by atoms with Gasteiger partial charge >= 0.3 is 6.09 Å². The SMILES string of the molecule is CCC(CC)C(=O)N1CCCN(C(=O)CNC(=O)OC(C)(C)C)CC1. The molecule has 0 saturated carbocycles. The second-order valence-electron chi connectivity index (χ2n) is 7.43. The molecule has 0 radical (unpaired) electrons. The first-order chi connectivity index (χ1) is 11.7. The zero-order valence-electron chi connectivity index (χ0n) is 16.3. The third-order valence-electron chi connectivity index (χ3n) is 4.28. The first-order valence-electron chi connectivity index (χ1n) is 9.21. The molecule has 0 unspecified atom stereocenters. The minimum absolute atomic E-state index is 0.0658. The number of hydrogen-bond acceptors (Lipinski definition) is 4. The lowest BCUT2D eigenvalue weighted by Gasteiger charge is -2.25. The summed E-state index contributed by atoms with van der Waals surface area (Å²) in [5.74, 6) is 0.102. The molecule has 0 aliphatic carbocycles. The van der Waals surface area contributed by atoms with Crippen LogP contribution in [0.25, 0.3) is 0 Å². The van der Waals surface area contributed by atoms with Crippen molar-refractivity contribution in [2.24, 2.45) is 5.92 Å². The fourth-order valence-corrected chi connectivity index (χ4v) is 2.86. The molecule has 0 aromatic carbocycles. The minimum Gasteiger partial charge on any atom is -0.444 e. The van der Waals surface area contributed by atoms with E-state index in [9.17, 15) is 14.4 Å². The van der Waals surface area contributed by atoms with E-state index in [1.165, 1.54) is 0 Å². The number of alkyl carbamates (subject to hydrolysis) is 1. The van der Waals surface area contributed by atoms with Crippen molar-refractivity contribution in [2.75, 3.05) is 32.7 Å². The number of ether oxygens (including phenoxy) is 1. The predicted molar refractivity (Wildman–Crippen MR) is 96.1 cm³/mol. The molecule has 1 rings (SSSR count). The molecule has 1 fully saturated rings. The zero-order valence-corrected chi connectivity index (χ0v) is 16.3. The van der Waals surface area contributed by atoms with Gasteiger partial charge in [0.15, 0.2) is 0 Å². The summed E-state index contributed by atoms with van der Waals surface area (Å²) in [4.78, 5) is 40.0. The predicted octanol–water partition coefficient (Wildman–Crippen LogP) is 2.01. The molecule has 1 aliphatic heterocycles. The number of hydrogen-bond donors (Lipinski definition) is 1. The molecular formula is C18H33N3O4. The van der Waals surface area contributed by atoms with E-state index in [0.29, 0.717) is 26.2 Å². The van der Waals surface area contributed by atoms with E-state index < -0.39 is 11.7 Å². The van der Waals surface area contributed by atoms with Crippen LogP contribution in [0.3, 0.4) is 0 Å². The van der Waals surface area contributed by atoms with Gasteiger partial charge in [-0.25, -0.2) is 4.79 Å². The second-order valence-corrected chi connectivity index (χ2v) is 7.43. The van der Waals surface area contributed by atoms with Crippen LogP contribution in [0.4, 0.5) is 4.79 Å². The Morgan fingerprint density at radius 1 is 1.00 bits per heavy atom. The van der Waals surface area contributed by atoms with Crippen LogP contribution in [0.2, 0.25) is 0 Å². The Bertz CT molecular complexity index is 469. The van der Waals surface area contributed by atoms with E-state index in [1.807, 2.05) is 18.7 Å². The highest BCUT2D eigenvalue weighted by Gasteiger charge is 2.26. The number of nitrogens with one attached hydrogen (secondary N) is 1. The molecule has 144 valence electrons. The average molecular weight is 355 g/mol. The molecule has 0 bridgehead atoms. The van der Waals surface area contributed by atoms with Gasteiger partial charge in [0.1, 0.15) is 12.1 Å². The van der Waals surface area contributed by atoms with E-state index >= 15 is 0 Å². The number of nitrogens with zero attached hydrogens (tertiary/aromatic N) is 2. The van der Waals surface area contributed by atoms with Gasteiger partial charge in [0.05, 0.1) is 0 Å². The molecule has 1 N–H and O–H groups in total. The van der Waals surface area contributed by atoms with Crippen molar-refractivity contribution in [1.29, 1.82) is 0 Å². The normalized spacial score (nSPS) is 15.8. The summed E-state index contributed by atoms with van der Waals surface area (Å²) in [5, 5.41) is 2.49. The number of rotatable bonds is 5. The lowest BCUT2D eigenvalue weighted by molar-refractivity contribution is -0.136. The summed E-state index contributed by atoms with van der Waals surface area (Å²) >= 11 is 0. The van der Waals surface area contributed by atoms with Crippen molar-refractivity contribution in [3.63, 3.8) is 0 Å². The van der Waals surface area contributed by atoms with E-state index in [2.05, 4.69) is 5.32 Å². The molecule has 0 spiro atoms. The molecular weight excluding hydrogens is 322 g/mol. The zero-order chi connectivity index (χ0) is 19.0. The fraction of sp³-hybridized carbons (Fsp3) is 0.833. The van der Waals surface area contributed by atoms with Crippen LogP contribution in [0, 0.1) is 5.92 Å². The van der Waals surface area contributed by atoms with Gasteiger partial charge in [-0.05, 0) is 40.0 Å². The summed E-state index contributed by atoms with van der Waals surface area (Å²) in [6.07, 6.45) is 1.84. The molecule has 1 aliphatic rings. The summed E-state index contributed by atoms with van der Waals surface area (Å²) in [5.41, 5.74) is -0.592. The molecule has 25 heavy (non-hydrogen) atoms. The molecule has 1 saturated heterocycles. The first-order valence-corrected chi connectivity index (χ1v) is 9.21. The van der Waals surface area contributed by atoms with Gasteiger partial charge in [-0.3, -0.25) is 9.59 Å². The maximum atomic E-state index is 12.5. The Labute approximate surface area is 151 Å². The molecule has 0 atom stereocenters. The van der Waals surface area contributed by atoms with Crippen molar-refractivity contribution in [3.05, 3.63) is 0 Å².